The Labute approximate surface area is 366 Å². The summed E-state index contributed by atoms with van der Waals surface area (Å²) in [7, 11) is -4.73. The summed E-state index contributed by atoms with van der Waals surface area (Å²) in [6.07, 6.45) is 4.90. The second-order valence-electron chi connectivity index (χ2n) is 18.8. The molecule has 2 aromatic rings. The maximum atomic E-state index is 14.4. The fourth-order valence-corrected chi connectivity index (χ4v) is 20.8. The molecule has 0 N–H and O–H groups in total. The second kappa shape index (κ2) is 20.2. The van der Waals surface area contributed by atoms with Crippen molar-refractivity contribution in [2.45, 2.75) is 170 Å². The molecule has 5 atom stereocenters. The molecule has 4 fully saturated rings. The lowest BCUT2D eigenvalue weighted by molar-refractivity contribution is -0.205. The predicted molar refractivity (Wildman–Crippen MR) is 248 cm³/mol. The van der Waals surface area contributed by atoms with E-state index in [4.69, 9.17) is 32.5 Å². The van der Waals surface area contributed by atoms with Crippen LogP contribution in [0.15, 0.2) is 60.7 Å². The second-order valence-corrected chi connectivity index (χ2v) is 30.8. The third kappa shape index (κ3) is 10.8. The van der Waals surface area contributed by atoms with Gasteiger partial charge >= 0.3 is 0 Å². The van der Waals surface area contributed by atoms with Crippen molar-refractivity contribution < 1.29 is 37.3 Å². The van der Waals surface area contributed by atoms with Gasteiger partial charge in [0.15, 0.2) is 25.7 Å². The zero-order chi connectivity index (χ0) is 42.4. The van der Waals surface area contributed by atoms with Gasteiger partial charge in [0.2, 0.25) is 0 Å². The minimum absolute atomic E-state index is 0.0138. The van der Waals surface area contributed by atoms with E-state index in [1.165, 1.54) is 10.4 Å². The Morgan fingerprint density at radius 2 is 1.46 bits per heavy atom. The van der Waals surface area contributed by atoms with Crippen molar-refractivity contribution in [3.05, 3.63) is 60.7 Å². The molecule has 0 bridgehead atoms. The van der Waals surface area contributed by atoms with Gasteiger partial charge in [0.1, 0.15) is 4.08 Å². The van der Waals surface area contributed by atoms with Gasteiger partial charge in [-0.3, -0.25) is 4.79 Å². The van der Waals surface area contributed by atoms with Gasteiger partial charge in [-0.05, 0) is 84.6 Å². The van der Waals surface area contributed by atoms with Gasteiger partial charge in [0.05, 0.1) is 50.8 Å². The highest BCUT2D eigenvalue weighted by atomic mass is 32.2. The monoisotopic (exact) mass is 886 g/mol. The topological polar surface area (TPSA) is 81.7 Å². The lowest BCUT2D eigenvalue weighted by Crippen LogP contribution is -2.67. The van der Waals surface area contributed by atoms with Crippen LogP contribution in [0.1, 0.15) is 107 Å². The van der Waals surface area contributed by atoms with Crippen LogP contribution in [0, 0.1) is 5.92 Å². The zero-order valence-corrected chi connectivity index (χ0v) is 41.2. The fraction of sp³-hybridized carbons (Fsp3) is 0.723. The number of ether oxygens (including phenoxy) is 5. The third-order valence-electron chi connectivity index (χ3n) is 13.6. The van der Waals surface area contributed by atoms with Gasteiger partial charge in [-0.25, -0.2) is 0 Å². The van der Waals surface area contributed by atoms with Crippen molar-refractivity contribution in [1.82, 2.24) is 0 Å². The first-order chi connectivity index (χ1) is 28.1. The average molecular weight is 887 g/mol. The zero-order valence-electron chi connectivity index (χ0n) is 37.6. The summed E-state index contributed by atoms with van der Waals surface area (Å²) in [6, 6.07) is 25.0. The summed E-state index contributed by atoms with van der Waals surface area (Å²) < 4.78 is 46.6. The number of hydrogen-bond donors (Lipinski definition) is 0. The van der Waals surface area contributed by atoms with Gasteiger partial charge in [-0.1, -0.05) is 109 Å². The molecule has 0 aromatic heterocycles. The summed E-state index contributed by atoms with van der Waals surface area (Å²) in [5.41, 5.74) is 0. The molecule has 0 radical (unpaired) electrons. The van der Waals surface area contributed by atoms with E-state index < -0.39 is 32.3 Å². The van der Waals surface area contributed by atoms with Gasteiger partial charge in [0.25, 0.3) is 8.32 Å². The van der Waals surface area contributed by atoms with E-state index in [1.54, 1.807) is 0 Å². The van der Waals surface area contributed by atoms with Gasteiger partial charge in [-0.15, -0.1) is 23.5 Å². The van der Waals surface area contributed by atoms with E-state index in [0.717, 1.165) is 61.7 Å². The van der Waals surface area contributed by atoms with E-state index in [1.807, 2.05) is 37.4 Å². The molecule has 4 saturated heterocycles. The number of carbonyl (C=O) groups excluding carboxylic acids is 1. The van der Waals surface area contributed by atoms with Crippen LogP contribution >= 0.6 is 23.5 Å². The van der Waals surface area contributed by atoms with Crippen LogP contribution in [-0.4, -0.2) is 100 Å². The quantitative estimate of drug-likeness (QED) is 0.120. The third-order valence-corrected chi connectivity index (χ3v) is 26.7. The van der Waals surface area contributed by atoms with Crippen LogP contribution in [0.3, 0.4) is 0 Å². The maximum absolute atomic E-state index is 14.4. The number of benzene rings is 2. The van der Waals surface area contributed by atoms with Crippen LogP contribution in [0.5, 0.6) is 0 Å². The number of hydrogen-bond acceptors (Lipinski definition) is 10. The molecular formula is C47H74O8S2Si2. The van der Waals surface area contributed by atoms with E-state index >= 15 is 0 Å². The molecule has 0 aliphatic carbocycles. The van der Waals surface area contributed by atoms with Crippen molar-refractivity contribution in [3.8, 4) is 0 Å². The highest BCUT2D eigenvalue weighted by Gasteiger charge is 2.53. The van der Waals surface area contributed by atoms with Crippen molar-refractivity contribution in [2.75, 3.05) is 37.9 Å². The molecule has 0 spiro atoms. The van der Waals surface area contributed by atoms with Crippen molar-refractivity contribution >= 4 is 56.3 Å². The molecule has 0 amide bonds. The lowest BCUT2D eigenvalue weighted by Gasteiger charge is -2.43. The molecule has 4 heterocycles. The molecule has 8 nitrogen and oxygen atoms in total. The van der Waals surface area contributed by atoms with Gasteiger partial charge in [0, 0.05) is 25.2 Å². The highest BCUT2D eigenvalue weighted by Crippen LogP contribution is 2.49. The van der Waals surface area contributed by atoms with Gasteiger partial charge < -0.3 is 32.5 Å². The molecule has 0 saturated carbocycles. The van der Waals surface area contributed by atoms with Crippen LogP contribution in [-0.2, 0) is 37.3 Å². The molecule has 12 heteroatoms. The summed E-state index contributed by atoms with van der Waals surface area (Å²) in [6.45, 7) is 22.2. The van der Waals surface area contributed by atoms with Gasteiger partial charge in [-0.2, -0.15) is 0 Å². The number of thioether (sulfide) groups is 2. The Kier molecular flexibility index (Phi) is 16.2. The SMILES string of the molecule is CC[Si](CC)(CC)O[C@@H]1C[C@@H](CO[Si](c2ccccc2)(c2ccccc2)C(C)(C)C)O[C@@H]1C[C@@H](C)C1(CCC(=O)C2(CC[C@H]3COC(C)(C)O3)SCCCS2)OCCO1. The highest BCUT2D eigenvalue weighted by molar-refractivity contribution is 8.19. The first-order valence-corrected chi connectivity index (χ1v) is 29.0. The molecule has 59 heavy (non-hydrogen) atoms. The summed E-state index contributed by atoms with van der Waals surface area (Å²) in [4.78, 5) is 14.4. The van der Waals surface area contributed by atoms with Crippen LogP contribution in [0.25, 0.3) is 0 Å². The molecule has 330 valence electrons. The number of ketones is 1. The number of Topliss-reactive ketones (excluding diaryl/α,β-unsaturated/α-hetero) is 1. The number of rotatable bonds is 20. The van der Waals surface area contributed by atoms with Crippen molar-refractivity contribution in [1.29, 1.82) is 0 Å². The Balaban J connectivity index is 1.19. The van der Waals surface area contributed by atoms with Crippen molar-refractivity contribution in [3.63, 3.8) is 0 Å². The molecule has 4 aliphatic rings. The van der Waals surface area contributed by atoms with Crippen LogP contribution in [0.2, 0.25) is 23.2 Å². The Morgan fingerprint density at radius 1 is 0.864 bits per heavy atom. The van der Waals surface area contributed by atoms with Crippen molar-refractivity contribution in [2.24, 2.45) is 5.92 Å². The summed E-state index contributed by atoms with van der Waals surface area (Å²) >= 11 is 3.66. The molecule has 0 unspecified atom stereocenters. The standard InChI is InChI=1S/C47H74O8S2Si2/c1-10-58(11-2,12-3)55-42-33-38(35-52-59(44(5,6)7,39-20-15-13-16-21-39)40-22-17-14-18-23-40)53-41(42)32-36(4)46(49-28-29-50-46)26-25-43(48)47(56-30-19-31-57-47)27-24-37-34-51-45(8,9)54-37/h13-18,20-23,36-38,41-42H,10-12,19,24-35H2,1-9H3/t36-,37+,38+,41-,42-/m1/s1. The molecule has 6 rings (SSSR count). The molecular weight excluding hydrogens is 813 g/mol. The number of carbonyl (C=O) groups is 1. The van der Waals surface area contributed by atoms with E-state index in [2.05, 4.69) is 109 Å². The normalized spacial score (nSPS) is 26.3. The van der Waals surface area contributed by atoms with E-state index in [9.17, 15) is 4.79 Å². The van der Waals surface area contributed by atoms with E-state index in [-0.39, 0.29) is 35.4 Å². The van der Waals surface area contributed by atoms with E-state index in [0.29, 0.717) is 45.1 Å². The Bertz CT molecular complexity index is 1560. The first-order valence-electron chi connectivity index (χ1n) is 22.6. The molecule has 4 aliphatic heterocycles. The maximum Gasteiger partial charge on any atom is 0.261 e. The minimum Gasteiger partial charge on any atom is -0.411 e. The Hall–Kier alpha value is -1.04. The first kappa shape index (κ1) is 47.4. The molecule has 2 aromatic carbocycles. The predicted octanol–water partition coefficient (Wildman–Crippen LogP) is 9.73. The smallest absolute Gasteiger partial charge is 0.261 e. The lowest BCUT2D eigenvalue weighted by atomic mass is 9.88. The Morgan fingerprint density at radius 3 is 1.98 bits per heavy atom. The average Bonchev–Trinajstić information content (AvgIpc) is 3.97. The minimum atomic E-state index is -2.76. The van der Waals surface area contributed by atoms with Crippen LogP contribution in [0.4, 0.5) is 0 Å². The summed E-state index contributed by atoms with van der Waals surface area (Å²) in [5.74, 6) is 0.866. The largest absolute Gasteiger partial charge is 0.411 e. The fourth-order valence-electron chi connectivity index (χ4n) is 9.97. The summed E-state index contributed by atoms with van der Waals surface area (Å²) in [5, 5.41) is 2.41. The van der Waals surface area contributed by atoms with Crippen LogP contribution < -0.4 is 10.4 Å².